The fourth-order valence-corrected chi connectivity index (χ4v) is 2.37. The molecular weight excluding hydrogens is 221 g/mol. The highest BCUT2D eigenvalue weighted by Crippen LogP contribution is 2.29. The predicted octanol–water partition coefficient (Wildman–Crippen LogP) is 1.29. The van der Waals surface area contributed by atoms with E-state index in [-0.39, 0.29) is 5.82 Å². The van der Waals surface area contributed by atoms with E-state index in [1.54, 1.807) is 6.07 Å². The van der Waals surface area contributed by atoms with Crippen LogP contribution in [0.15, 0.2) is 18.2 Å². The fourth-order valence-electron chi connectivity index (χ4n) is 2.37. The third kappa shape index (κ3) is 1.54. The van der Waals surface area contributed by atoms with E-state index in [4.69, 9.17) is 10.5 Å². The summed E-state index contributed by atoms with van der Waals surface area (Å²) in [6, 6.07) is 4.56. The van der Waals surface area contributed by atoms with E-state index < -0.39 is 5.54 Å². The highest BCUT2D eigenvalue weighted by atomic mass is 19.1. The lowest BCUT2D eigenvalue weighted by Crippen LogP contribution is -2.39. The van der Waals surface area contributed by atoms with Gasteiger partial charge in [-0.05, 0) is 24.6 Å². The smallest absolute Gasteiger partial charge is 0.132 e. The van der Waals surface area contributed by atoms with Gasteiger partial charge in [0.1, 0.15) is 17.2 Å². The molecule has 1 atom stereocenters. The van der Waals surface area contributed by atoms with E-state index >= 15 is 0 Å². The number of benzene rings is 1. The average molecular weight is 235 g/mol. The molecule has 1 aromatic heterocycles. The van der Waals surface area contributed by atoms with Gasteiger partial charge in [0, 0.05) is 13.7 Å². The molecule has 90 valence electrons. The van der Waals surface area contributed by atoms with Gasteiger partial charge in [-0.25, -0.2) is 9.37 Å². The van der Waals surface area contributed by atoms with Gasteiger partial charge >= 0.3 is 0 Å². The summed E-state index contributed by atoms with van der Waals surface area (Å²) in [5, 5.41) is 0. The van der Waals surface area contributed by atoms with Crippen LogP contribution in [-0.2, 0) is 17.3 Å². The van der Waals surface area contributed by atoms with Crippen molar-refractivity contribution in [2.24, 2.45) is 12.8 Å². The SMILES string of the molecule is Cn1c(C2(N)CCOC2)nc2ccc(F)cc21. The molecule has 4 nitrogen and oxygen atoms in total. The summed E-state index contributed by atoms with van der Waals surface area (Å²) in [7, 11) is 1.86. The summed E-state index contributed by atoms with van der Waals surface area (Å²) in [6.45, 7) is 1.11. The molecule has 0 aliphatic carbocycles. The van der Waals surface area contributed by atoms with Gasteiger partial charge in [-0.1, -0.05) is 0 Å². The summed E-state index contributed by atoms with van der Waals surface area (Å²) in [6.07, 6.45) is 0.743. The van der Waals surface area contributed by atoms with Crippen LogP contribution < -0.4 is 5.73 Å². The van der Waals surface area contributed by atoms with E-state index in [1.807, 2.05) is 11.6 Å². The zero-order valence-corrected chi connectivity index (χ0v) is 9.61. The molecule has 1 saturated heterocycles. The summed E-state index contributed by atoms with van der Waals surface area (Å²) < 4.78 is 20.4. The topological polar surface area (TPSA) is 53.1 Å². The second kappa shape index (κ2) is 3.51. The van der Waals surface area contributed by atoms with Gasteiger partial charge in [-0.15, -0.1) is 0 Å². The molecule has 2 N–H and O–H groups in total. The number of rotatable bonds is 1. The maximum Gasteiger partial charge on any atom is 0.132 e. The zero-order valence-electron chi connectivity index (χ0n) is 9.61. The van der Waals surface area contributed by atoms with Gasteiger partial charge in [0.2, 0.25) is 0 Å². The van der Waals surface area contributed by atoms with Gasteiger partial charge in [-0.3, -0.25) is 0 Å². The Labute approximate surface area is 98.2 Å². The molecule has 1 aliphatic heterocycles. The second-order valence-electron chi connectivity index (χ2n) is 4.59. The lowest BCUT2D eigenvalue weighted by atomic mass is 9.99. The number of nitrogens with two attached hydrogens (primary N) is 1. The van der Waals surface area contributed by atoms with Crippen molar-refractivity contribution in [2.45, 2.75) is 12.0 Å². The minimum atomic E-state index is -0.551. The van der Waals surface area contributed by atoms with E-state index in [0.717, 1.165) is 23.3 Å². The minimum absolute atomic E-state index is 0.263. The van der Waals surface area contributed by atoms with E-state index in [9.17, 15) is 4.39 Å². The Kier molecular flexibility index (Phi) is 2.21. The highest BCUT2D eigenvalue weighted by molar-refractivity contribution is 5.76. The number of fused-ring (bicyclic) bond motifs is 1. The number of nitrogens with zero attached hydrogens (tertiary/aromatic N) is 2. The van der Waals surface area contributed by atoms with E-state index in [1.165, 1.54) is 12.1 Å². The molecule has 3 rings (SSSR count). The Morgan fingerprint density at radius 3 is 3.06 bits per heavy atom. The van der Waals surface area contributed by atoms with Crippen LogP contribution in [0.1, 0.15) is 12.2 Å². The monoisotopic (exact) mass is 235 g/mol. The van der Waals surface area contributed by atoms with Gasteiger partial charge in [-0.2, -0.15) is 0 Å². The molecule has 0 radical (unpaired) electrons. The lowest BCUT2D eigenvalue weighted by Gasteiger charge is -2.20. The number of hydrogen-bond acceptors (Lipinski definition) is 3. The molecule has 2 heterocycles. The van der Waals surface area contributed by atoms with Crippen LogP contribution in [0.2, 0.25) is 0 Å². The first-order chi connectivity index (χ1) is 8.10. The second-order valence-corrected chi connectivity index (χ2v) is 4.59. The number of halogens is 1. The van der Waals surface area contributed by atoms with Gasteiger partial charge < -0.3 is 15.0 Å². The van der Waals surface area contributed by atoms with Crippen molar-refractivity contribution in [2.75, 3.05) is 13.2 Å². The first-order valence-corrected chi connectivity index (χ1v) is 5.59. The Bertz CT molecular complexity index is 572. The predicted molar refractivity (Wildman–Crippen MR) is 62.0 cm³/mol. The van der Waals surface area contributed by atoms with Gasteiger partial charge in [0.25, 0.3) is 0 Å². The first-order valence-electron chi connectivity index (χ1n) is 5.59. The maximum absolute atomic E-state index is 13.2. The molecule has 1 unspecified atom stereocenters. The summed E-state index contributed by atoms with van der Waals surface area (Å²) in [4.78, 5) is 4.50. The number of aryl methyl sites for hydroxylation is 1. The maximum atomic E-state index is 13.2. The molecular formula is C12H14FN3O. The summed E-state index contributed by atoms with van der Waals surface area (Å²) >= 11 is 0. The molecule has 5 heteroatoms. The van der Waals surface area contributed by atoms with E-state index in [2.05, 4.69) is 4.98 Å². The molecule has 1 aliphatic rings. The molecule has 0 bridgehead atoms. The van der Waals surface area contributed by atoms with Crippen LogP contribution in [0.25, 0.3) is 11.0 Å². The number of ether oxygens (including phenoxy) is 1. The highest BCUT2D eigenvalue weighted by Gasteiger charge is 2.36. The first kappa shape index (κ1) is 10.7. The van der Waals surface area contributed by atoms with Crippen molar-refractivity contribution < 1.29 is 9.13 Å². The Morgan fingerprint density at radius 2 is 2.35 bits per heavy atom. The number of aromatic nitrogens is 2. The Hall–Kier alpha value is -1.46. The van der Waals surface area contributed by atoms with Crippen molar-refractivity contribution in [3.8, 4) is 0 Å². The quantitative estimate of drug-likeness (QED) is 0.810. The van der Waals surface area contributed by atoms with E-state index in [0.29, 0.717) is 13.2 Å². The average Bonchev–Trinajstić information content (AvgIpc) is 2.86. The molecule has 0 spiro atoms. The normalized spacial score (nSPS) is 24.6. The standard InChI is InChI=1S/C12H14FN3O/c1-16-10-6-8(13)2-3-9(10)15-11(16)12(14)4-5-17-7-12/h2-3,6H,4-5,7,14H2,1H3. The molecule has 0 amide bonds. The van der Waals surface area contributed by atoms with Crippen LogP contribution >= 0.6 is 0 Å². The summed E-state index contributed by atoms with van der Waals surface area (Å²) in [5.41, 5.74) is 7.26. The van der Waals surface area contributed by atoms with Crippen molar-refractivity contribution in [1.82, 2.24) is 9.55 Å². The van der Waals surface area contributed by atoms with Gasteiger partial charge in [0.05, 0.1) is 17.6 Å². The van der Waals surface area contributed by atoms with Crippen molar-refractivity contribution >= 4 is 11.0 Å². The Balaban J connectivity index is 2.20. The third-order valence-electron chi connectivity index (χ3n) is 3.34. The summed E-state index contributed by atoms with van der Waals surface area (Å²) in [5.74, 6) is 0.497. The number of imidazole rings is 1. The largest absolute Gasteiger partial charge is 0.379 e. The van der Waals surface area contributed by atoms with Crippen molar-refractivity contribution in [1.29, 1.82) is 0 Å². The lowest BCUT2D eigenvalue weighted by molar-refractivity contribution is 0.175. The third-order valence-corrected chi connectivity index (χ3v) is 3.34. The molecule has 2 aromatic rings. The van der Waals surface area contributed by atoms with Crippen LogP contribution in [0.3, 0.4) is 0 Å². The minimum Gasteiger partial charge on any atom is -0.379 e. The van der Waals surface area contributed by atoms with Crippen LogP contribution in [-0.4, -0.2) is 22.8 Å². The molecule has 1 fully saturated rings. The van der Waals surface area contributed by atoms with Crippen LogP contribution in [0.4, 0.5) is 4.39 Å². The van der Waals surface area contributed by atoms with Crippen molar-refractivity contribution in [3.05, 3.63) is 29.8 Å². The van der Waals surface area contributed by atoms with Crippen LogP contribution in [0.5, 0.6) is 0 Å². The van der Waals surface area contributed by atoms with Crippen LogP contribution in [0, 0.1) is 5.82 Å². The molecule has 0 saturated carbocycles. The Morgan fingerprint density at radius 1 is 1.53 bits per heavy atom. The molecule has 1 aromatic carbocycles. The number of hydrogen-bond donors (Lipinski definition) is 1. The molecule has 17 heavy (non-hydrogen) atoms. The zero-order chi connectivity index (χ0) is 12.0. The van der Waals surface area contributed by atoms with Crippen molar-refractivity contribution in [3.63, 3.8) is 0 Å². The fraction of sp³-hybridized carbons (Fsp3) is 0.417. The van der Waals surface area contributed by atoms with Gasteiger partial charge in [0.15, 0.2) is 0 Å².